The molecule has 11 rings (SSSR count). The maximum absolute atomic E-state index is 6.74. The van der Waals surface area contributed by atoms with Crippen LogP contribution in [-0.2, 0) is 5.41 Å². The molecule has 2 aliphatic rings. The van der Waals surface area contributed by atoms with Gasteiger partial charge in [-0.1, -0.05) is 170 Å². The van der Waals surface area contributed by atoms with Crippen molar-refractivity contribution >= 4 is 44.1 Å². The molecule has 0 N–H and O–H groups in total. The molecule has 9 aromatic rings. The molecule has 2 unspecified atom stereocenters. The normalized spacial score (nSPS) is 18.4. The van der Waals surface area contributed by atoms with Gasteiger partial charge in [-0.3, -0.25) is 0 Å². The van der Waals surface area contributed by atoms with Gasteiger partial charge in [0.25, 0.3) is 0 Å². The molecule has 2 atom stereocenters. The Morgan fingerprint density at radius 2 is 1.21 bits per heavy atom. The summed E-state index contributed by atoms with van der Waals surface area (Å²) in [6.07, 6.45) is 9.87. The summed E-state index contributed by atoms with van der Waals surface area (Å²) >= 11 is 0. The van der Waals surface area contributed by atoms with Crippen LogP contribution in [0.15, 0.2) is 211 Å². The van der Waals surface area contributed by atoms with Crippen molar-refractivity contribution in [3.63, 3.8) is 0 Å². The van der Waals surface area contributed by atoms with E-state index in [4.69, 9.17) is 4.42 Å². The molecule has 8 aromatic carbocycles. The topological polar surface area (TPSA) is 16.4 Å². The Morgan fingerprint density at radius 1 is 0.518 bits per heavy atom. The summed E-state index contributed by atoms with van der Waals surface area (Å²) in [7, 11) is 0. The summed E-state index contributed by atoms with van der Waals surface area (Å²) in [6.45, 7) is 2.34. The van der Waals surface area contributed by atoms with Gasteiger partial charge in [-0.15, -0.1) is 0 Å². The lowest BCUT2D eigenvalue weighted by Crippen LogP contribution is -2.42. The molecule has 56 heavy (non-hydrogen) atoms. The fraction of sp³-hybridized carbons (Fsp3) is 0.0741. The Bertz CT molecular complexity index is 3010. The van der Waals surface area contributed by atoms with E-state index in [-0.39, 0.29) is 5.54 Å². The fourth-order valence-electron chi connectivity index (χ4n) is 9.68. The second-order valence-corrected chi connectivity index (χ2v) is 15.5. The van der Waals surface area contributed by atoms with Crippen molar-refractivity contribution < 1.29 is 4.42 Å². The van der Waals surface area contributed by atoms with Crippen LogP contribution in [0.4, 0.5) is 11.4 Å². The molecule has 0 saturated heterocycles. The third-order valence-corrected chi connectivity index (χ3v) is 12.3. The number of benzene rings is 8. The molecule has 0 aliphatic heterocycles. The summed E-state index contributed by atoms with van der Waals surface area (Å²) < 4.78 is 6.74. The summed E-state index contributed by atoms with van der Waals surface area (Å²) in [4.78, 5) is 2.52. The zero-order valence-corrected chi connectivity index (χ0v) is 31.2. The van der Waals surface area contributed by atoms with Gasteiger partial charge >= 0.3 is 0 Å². The van der Waals surface area contributed by atoms with Crippen LogP contribution in [0.25, 0.3) is 55.0 Å². The van der Waals surface area contributed by atoms with E-state index in [9.17, 15) is 0 Å². The second-order valence-electron chi connectivity index (χ2n) is 15.5. The quantitative estimate of drug-likeness (QED) is 0.170. The summed E-state index contributed by atoms with van der Waals surface area (Å²) in [6, 6.07) is 66.7. The molecular formula is C54H39NO. The maximum Gasteiger partial charge on any atom is 0.143 e. The molecule has 0 spiro atoms. The minimum Gasteiger partial charge on any atom is -0.455 e. The van der Waals surface area contributed by atoms with E-state index >= 15 is 0 Å². The Labute approximate surface area is 327 Å². The number of para-hydroxylation sites is 1. The van der Waals surface area contributed by atoms with Crippen LogP contribution in [0, 0.1) is 0 Å². The van der Waals surface area contributed by atoms with E-state index in [2.05, 4.69) is 218 Å². The molecule has 1 heterocycles. The van der Waals surface area contributed by atoms with Gasteiger partial charge in [-0.2, -0.15) is 0 Å². The SMILES string of the molecule is CC1(N(c2ccc(C3(c4ccccc4)c4ccccc4-c4c3ccc3c4oc4ccccc43)cc2)c2ccc3cc(-c4ccccc4)ccc3c2)C=CC=CC1. The smallest absolute Gasteiger partial charge is 0.143 e. The molecule has 2 aliphatic carbocycles. The van der Waals surface area contributed by atoms with Crippen molar-refractivity contribution in [2.75, 3.05) is 4.90 Å². The monoisotopic (exact) mass is 717 g/mol. The van der Waals surface area contributed by atoms with E-state index in [0.29, 0.717) is 0 Å². The average molecular weight is 718 g/mol. The predicted octanol–water partition coefficient (Wildman–Crippen LogP) is 14.2. The highest BCUT2D eigenvalue weighted by Crippen LogP contribution is 2.58. The number of hydrogen-bond donors (Lipinski definition) is 0. The molecule has 0 amide bonds. The molecular weight excluding hydrogens is 679 g/mol. The summed E-state index contributed by atoms with van der Waals surface area (Å²) in [5.41, 5.74) is 13.2. The maximum atomic E-state index is 6.74. The standard InChI is InChI=1S/C54H39NO/c1-53(33-13-4-14-34-53)55(44-28-25-39-35-38(23-24-40(39)36-44)37-15-5-2-6-16-37)43-29-26-42(27-30-43)54(41-17-7-3-8-18-41)48-21-11-9-20-47(48)51-49(54)32-31-46-45-19-10-12-22-50(45)56-52(46)51/h2-33,35-36H,34H2,1H3. The van der Waals surface area contributed by atoms with Crippen LogP contribution in [0.5, 0.6) is 0 Å². The van der Waals surface area contributed by atoms with Gasteiger partial charge in [-0.25, -0.2) is 0 Å². The zero-order chi connectivity index (χ0) is 37.3. The van der Waals surface area contributed by atoms with Crippen LogP contribution < -0.4 is 4.90 Å². The van der Waals surface area contributed by atoms with Gasteiger partial charge in [0.05, 0.1) is 11.0 Å². The van der Waals surface area contributed by atoms with E-state index in [0.717, 1.165) is 34.0 Å². The van der Waals surface area contributed by atoms with Crippen LogP contribution in [0.3, 0.4) is 0 Å². The van der Waals surface area contributed by atoms with Crippen molar-refractivity contribution in [2.45, 2.75) is 24.3 Å². The zero-order valence-electron chi connectivity index (χ0n) is 31.2. The largest absolute Gasteiger partial charge is 0.455 e. The van der Waals surface area contributed by atoms with Crippen LogP contribution in [0.1, 0.15) is 35.6 Å². The average Bonchev–Trinajstić information content (AvgIpc) is 3.79. The molecule has 0 bridgehead atoms. The van der Waals surface area contributed by atoms with Crippen molar-refractivity contribution in [3.05, 3.63) is 229 Å². The number of anilines is 2. The first-order valence-corrected chi connectivity index (χ1v) is 19.6. The van der Waals surface area contributed by atoms with Crippen molar-refractivity contribution in [3.8, 4) is 22.3 Å². The molecule has 1 aromatic heterocycles. The molecule has 0 fully saturated rings. The third-order valence-electron chi connectivity index (χ3n) is 12.3. The number of furan rings is 1. The first-order chi connectivity index (χ1) is 27.6. The van der Waals surface area contributed by atoms with Crippen LogP contribution >= 0.6 is 0 Å². The van der Waals surface area contributed by atoms with Crippen LogP contribution in [-0.4, -0.2) is 5.54 Å². The van der Waals surface area contributed by atoms with Crippen molar-refractivity contribution in [1.29, 1.82) is 0 Å². The van der Waals surface area contributed by atoms with E-state index < -0.39 is 5.41 Å². The Hall–Kier alpha value is -6.90. The highest BCUT2D eigenvalue weighted by atomic mass is 16.3. The summed E-state index contributed by atoms with van der Waals surface area (Å²) in [5, 5.41) is 4.76. The number of nitrogens with zero attached hydrogens (tertiary/aromatic N) is 1. The van der Waals surface area contributed by atoms with Crippen molar-refractivity contribution in [1.82, 2.24) is 0 Å². The fourth-order valence-corrected chi connectivity index (χ4v) is 9.68. The minimum absolute atomic E-state index is 0.259. The van der Waals surface area contributed by atoms with E-state index in [1.165, 1.54) is 61.0 Å². The van der Waals surface area contributed by atoms with Gasteiger partial charge in [0, 0.05) is 27.7 Å². The summed E-state index contributed by atoms with van der Waals surface area (Å²) in [5.74, 6) is 0. The molecule has 0 saturated carbocycles. The van der Waals surface area contributed by atoms with Gasteiger partial charge < -0.3 is 9.32 Å². The van der Waals surface area contributed by atoms with Gasteiger partial charge in [0.1, 0.15) is 11.2 Å². The lowest BCUT2D eigenvalue weighted by molar-refractivity contribution is 0.570. The van der Waals surface area contributed by atoms with Gasteiger partial charge in [0.2, 0.25) is 0 Å². The highest BCUT2D eigenvalue weighted by Gasteiger charge is 2.47. The second kappa shape index (κ2) is 12.6. The van der Waals surface area contributed by atoms with Crippen LogP contribution in [0.2, 0.25) is 0 Å². The van der Waals surface area contributed by atoms with Gasteiger partial charge in [0.15, 0.2) is 0 Å². The van der Waals surface area contributed by atoms with E-state index in [1.54, 1.807) is 0 Å². The predicted molar refractivity (Wildman–Crippen MR) is 234 cm³/mol. The number of rotatable bonds is 6. The minimum atomic E-state index is -0.541. The lowest BCUT2D eigenvalue weighted by atomic mass is 9.67. The first-order valence-electron chi connectivity index (χ1n) is 19.6. The molecule has 2 nitrogen and oxygen atoms in total. The van der Waals surface area contributed by atoms with E-state index in [1.807, 2.05) is 0 Å². The Kier molecular flexibility index (Phi) is 7.31. The Balaban J connectivity index is 1.09. The molecule has 2 heteroatoms. The first kappa shape index (κ1) is 32.5. The Morgan fingerprint density at radius 3 is 2.04 bits per heavy atom. The number of allylic oxidation sites excluding steroid dienone is 2. The number of hydrogen-bond acceptors (Lipinski definition) is 2. The third kappa shape index (κ3) is 4.82. The molecule has 266 valence electrons. The molecule has 0 radical (unpaired) electrons. The number of fused-ring (bicyclic) bond motifs is 8. The van der Waals surface area contributed by atoms with Gasteiger partial charge in [-0.05, 0) is 99.5 Å². The lowest BCUT2D eigenvalue weighted by Gasteiger charge is -2.42. The van der Waals surface area contributed by atoms with Crippen molar-refractivity contribution in [2.24, 2.45) is 0 Å². The highest BCUT2D eigenvalue weighted by molar-refractivity contribution is 6.12.